The molecule has 0 atom stereocenters. The summed E-state index contributed by atoms with van der Waals surface area (Å²) in [6.45, 7) is 0. The van der Waals surface area contributed by atoms with E-state index in [1.165, 1.54) is 10.2 Å². The van der Waals surface area contributed by atoms with Crippen molar-refractivity contribution < 1.29 is 0 Å². The van der Waals surface area contributed by atoms with Gasteiger partial charge in [0, 0.05) is 4.70 Å². The van der Waals surface area contributed by atoms with Gasteiger partial charge in [-0.25, -0.2) is 0 Å². The van der Waals surface area contributed by atoms with Gasteiger partial charge in [-0.3, -0.25) is 4.64 Å². The number of para-hydroxylation sites is 1. The maximum absolute atomic E-state index is 4.35. The average Bonchev–Trinajstić information content (AvgIpc) is 2.33. The standard InChI is InChI=1S/C6H5NSSi/c1-2-4-6-5(3-1)7-9-8-6/h1-4,9H. The molecule has 0 spiro atoms. The van der Waals surface area contributed by atoms with Gasteiger partial charge in [-0.2, -0.15) is 10.8 Å². The molecular weight excluding hydrogens is 146 g/mol. The first-order valence-electron chi connectivity index (χ1n) is 2.75. The Hall–Kier alpha value is -0.543. The summed E-state index contributed by atoms with van der Waals surface area (Å²) < 4.78 is 5.70. The molecule has 0 bridgehead atoms. The number of fused-ring (bicyclic) bond motifs is 1. The van der Waals surface area contributed by atoms with E-state index < -0.39 is 0 Å². The second-order valence-electron chi connectivity index (χ2n) is 1.82. The summed E-state index contributed by atoms with van der Waals surface area (Å²) in [6, 6.07) is 8.30. The van der Waals surface area contributed by atoms with E-state index in [2.05, 4.69) is 22.8 Å². The summed E-state index contributed by atoms with van der Waals surface area (Å²) in [5.74, 6) is 0. The van der Waals surface area contributed by atoms with Crippen LogP contribution in [0.1, 0.15) is 0 Å². The van der Waals surface area contributed by atoms with Gasteiger partial charge in [0.2, 0.25) is 8.41 Å². The van der Waals surface area contributed by atoms with Gasteiger partial charge in [-0.1, -0.05) is 12.1 Å². The zero-order valence-electron chi connectivity index (χ0n) is 4.74. The average molecular weight is 151 g/mol. The summed E-state index contributed by atoms with van der Waals surface area (Å²) in [4.78, 5) is 0. The second-order valence-corrected chi connectivity index (χ2v) is 4.30. The molecule has 0 unspecified atom stereocenters. The van der Waals surface area contributed by atoms with Crippen molar-refractivity contribution in [2.24, 2.45) is 0 Å². The molecule has 3 heteroatoms. The maximum atomic E-state index is 4.35. The third kappa shape index (κ3) is 0.820. The fraction of sp³-hybridized carbons (Fsp3) is 0. The monoisotopic (exact) mass is 151 g/mol. The van der Waals surface area contributed by atoms with E-state index in [0.29, 0.717) is 0 Å². The van der Waals surface area contributed by atoms with Crippen molar-refractivity contribution in [2.75, 3.05) is 0 Å². The molecule has 0 N–H and O–H groups in total. The lowest BCUT2D eigenvalue weighted by atomic mass is 10.3. The van der Waals surface area contributed by atoms with Crippen LogP contribution in [-0.2, 0) is 0 Å². The molecule has 1 heterocycles. The van der Waals surface area contributed by atoms with Crippen molar-refractivity contribution in [3.63, 3.8) is 0 Å². The van der Waals surface area contributed by atoms with Crippen LogP contribution in [0.2, 0.25) is 0 Å². The first kappa shape index (κ1) is 5.26. The van der Waals surface area contributed by atoms with Crippen LogP contribution in [0.15, 0.2) is 24.3 Å². The molecule has 0 saturated heterocycles. The van der Waals surface area contributed by atoms with Crippen LogP contribution in [0.4, 0.5) is 0 Å². The molecule has 1 aromatic carbocycles. The molecule has 0 radical (unpaired) electrons. The zero-order valence-corrected chi connectivity index (χ0v) is 6.71. The minimum absolute atomic E-state index is 0.260. The maximum Gasteiger partial charge on any atom is 0.206 e. The third-order valence-electron chi connectivity index (χ3n) is 1.24. The van der Waals surface area contributed by atoms with Gasteiger partial charge in [0.1, 0.15) is 0 Å². The van der Waals surface area contributed by atoms with Crippen LogP contribution >= 0.6 is 10.8 Å². The molecule has 0 amide bonds. The summed E-state index contributed by atoms with van der Waals surface area (Å²) >= 11 is 0. The van der Waals surface area contributed by atoms with Crippen molar-refractivity contribution in [3.8, 4) is 0 Å². The minimum atomic E-state index is 0.260. The Morgan fingerprint density at radius 3 is 3.11 bits per heavy atom. The van der Waals surface area contributed by atoms with Gasteiger partial charge in [0.05, 0.1) is 5.52 Å². The van der Waals surface area contributed by atoms with Gasteiger partial charge in [-0.15, -0.1) is 0 Å². The van der Waals surface area contributed by atoms with E-state index >= 15 is 0 Å². The molecule has 44 valence electrons. The Labute approximate surface area is 58.8 Å². The highest BCUT2D eigenvalue weighted by atomic mass is 32.3. The van der Waals surface area contributed by atoms with Gasteiger partial charge in [-0.05, 0) is 12.1 Å². The molecule has 0 saturated carbocycles. The van der Waals surface area contributed by atoms with E-state index in [4.69, 9.17) is 0 Å². The molecule has 0 aliphatic rings. The van der Waals surface area contributed by atoms with Crippen LogP contribution in [0.3, 0.4) is 0 Å². The van der Waals surface area contributed by atoms with Crippen LogP contribution in [0.5, 0.6) is 0 Å². The molecule has 2 aromatic rings. The third-order valence-corrected chi connectivity index (χ3v) is 3.72. The fourth-order valence-electron chi connectivity index (χ4n) is 0.803. The molecule has 2 rings (SSSR count). The summed E-state index contributed by atoms with van der Waals surface area (Å²) in [5.41, 5.74) is 1.19. The summed E-state index contributed by atoms with van der Waals surface area (Å²) in [6.07, 6.45) is 0. The lowest BCUT2D eigenvalue weighted by molar-refractivity contribution is 1.65. The van der Waals surface area contributed by atoms with Gasteiger partial charge in [0.25, 0.3) is 0 Å². The number of aromatic nitrogens is 1. The number of rotatable bonds is 0. The summed E-state index contributed by atoms with van der Waals surface area (Å²) in [5, 5.41) is 0. The van der Waals surface area contributed by atoms with Crippen molar-refractivity contribution in [3.05, 3.63) is 24.3 Å². The molecular formula is C6H5NSSi. The highest BCUT2D eigenvalue weighted by Crippen LogP contribution is 2.12. The molecule has 0 fully saturated rings. The Morgan fingerprint density at radius 2 is 2.22 bits per heavy atom. The number of hydrogen-bond acceptors (Lipinski definition) is 2. The van der Waals surface area contributed by atoms with Crippen molar-refractivity contribution in [1.82, 2.24) is 4.64 Å². The summed E-state index contributed by atoms with van der Waals surface area (Å²) in [7, 11) is 2.14. The molecule has 1 aromatic heterocycles. The minimum Gasteiger partial charge on any atom is -0.287 e. The van der Waals surface area contributed by atoms with Crippen LogP contribution in [-0.4, -0.2) is 13.1 Å². The topological polar surface area (TPSA) is 12.9 Å². The molecule has 9 heavy (non-hydrogen) atoms. The van der Waals surface area contributed by atoms with Gasteiger partial charge in [0.15, 0.2) is 0 Å². The highest BCUT2D eigenvalue weighted by Gasteiger charge is 1.89. The van der Waals surface area contributed by atoms with E-state index in [0.717, 1.165) is 0 Å². The predicted octanol–water partition coefficient (Wildman–Crippen LogP) is 1.37. The van der Waals surface area contributed by atoms with Crippen molar-refractivity contribution >= 4 is 29.4 Å². The number of nitrogens with zero attached hydrogens (tertiary/aromatic N) is 1. The van der Waals surface area contributed by atoms with Crippen LogP contribution < -0.4 is 0 Å². The quantitative estimate of drug-likeness (QED) is 0.518. The Bertz CT molecular complexity index is 287. The highest BCUT2D eigenvalue weighted by molar-refractivity contribution is 7.40. The largest absolute Gasteiger partial charge is 0.287 e. The van der Waals surface area contributed by atoms with Crippen molar-refractivity contribution in [2.45, 2.75) is 0 Å². The Balaban J connectivity index is 2.95. The van der Waals surface area contributed by atoms with E-state index in [1.807, 2.05) is 16.8 Å². The van der Waals surface area contributed by atoms with Crippen LogP contribution in [0.25, 0.3) is 10.2 Å². The van der Waals surface area contributed by atoms with Gasteiger partial charge >= 0.3 is 0 Å². The van der Waals surface area contributed by atoms with E-state index in [1.54, 1.807) is 0 Å². The first-order valence-corrected chi connectivity index (χ1v) is 5.56. The lowest BCUT2D eigenvalue weighted by Gasteiger charge is -1.81. The molecule has 0 aliphatic carbocycles. The predicted molar refractivity (Wildman–Crippen MR) is 42.4 cm³/mol. The fourth-order valence-corrected chi connectivity index (χ4v) is 3.24. The van der Waals surface area contributed by atoms with E-state index in [9.17, 15) is 0 Å². The van der Waals surface area contributed by atoms with Gasteiger partial charge < -0.3 is 0 Å². The Morgan fingerprint density at radius 1 is 1.33 bits per heavy atom. The second kappa shape index (κ2) is 2.00. The molecule has 0 aliphatic heterocycles. The lowest BCUT2D eigenvalue weighted by Crippen LogP contribution is -1.64. The SMILES string of the molecule is c1ccc2s[siH]nc2c1. The smallest absolute Gasteiger partial charge is 0.206 e. The number of benzene rings is 1. The normalized spacial score (nSPS) is 10.2. The van der Waals surface area contributed by atoms with E-state index in [-0.39, 0.29) is 8.41 Å². The zero-order chi connectivity index (χ0) is 6.10. The van der Waals surface area contributed by atoms with Crippen molar-refractivity contribution in [1.29, 1.82) is 0 Å². The molecule has 1 nitrogen and oxygen atoms in total. The Kier molecular flexibility index (Phi) is 1.17. The number of hydrogen-bond donors (Lipinski definition) is 0. The van der Waals surface area contributed by atoms with Crippen LogP contribution in [0, 0.1) is 0 Å². The first-order chi connectivity index (χ1) is 4.47.